The van der Waals surface area contributed by atoms with Crippen LogP contribution in [0.4, 0.5) is 5.69 Å². The van der Waals surface area contributed by atoms with Gasteiger partial charge in [-0.3, -0.25) is 15.0 Å². The number of nitrogens with one attached hydrogen (secondary N) is 2. The van der Waals surface area contributed by atoms with E-state index in [0.717, 1.165) is 37.5 Å². The van der Waals surface area contributed by atoms with E-state index in [0.29, 0.717) is 6.42 Å². The van der Waals surface area contributed by atoms with Crippen molar-refractivity contribution < 1.29 is 9.53 Å². The molecule has 1 amide bonds. The second-order valence-electron chi connectivity index (χ2n) is 7.03. The predicted molar refractivity (Wildman–Crippen MR) is 106 cm³/mol. The summed E-state index contributed by atoms with van der Waals surface area (Å²) in [5.74, 6) is 0.914. The number of para-hydroxylation sites is 1. The summed E-state index contributed by atoms with van der Waals surface area (Å²) in [5.41, 5.74) is 2.37. The van der Waals surface area contributed by atoms with Gasteiger partial charge in [-0.1, -0.05) is 30.3 Å². The van der Waals surface area contributed by atoms with Crippen molar-refractivity contribution in [3.63, 3.8) is 0 Å². The Bertz CT molecular complexity index is 758. The minimum absolute atomic E-state index is 0.0156. The molecule has 2 unspecified atom stereocenters. The normalized spacial score (nSPS) is 23.7. The Morgan fingerprint density at radius 3 is 2.33 bits per heavy atom. The lowest BCUT2D eigenvalue weighted by Crippen LogP contribution is -2.64. The Balaban J connectivity index is 1.39. The third kappa shape index (κ3) is 4.07. The average Bonchev–Trinajstić information content (AvgIpc) is 2.74. The fourth-order valence-electron chi connectivity index (χ4n) is 3.81. The number of hydrogen-bond donors (Lipinski definition) is 2. The highest BCUT2D eigenvalue weighted by molar-refractivity contribution is 5.78. The number of nitrogens with zero attached hydrogens (tertiary/aromatic N) is 2. The van der Waals surface area contributed by atoms with E-state index in [9.17, 15) is 4.79 Å². The summed E-state index contributed by atoms with van der Waals surface area (Å²) in [6.07, 6.45) is 0.323. The van der Waals surface area contributed by atoms with E-state index in [1.807, 2.05) is 30.3 Å². The number of piperazine rings is 1. The van der Waals surface area contributed by atoms with Crippen molar-refractivity contribution in [2.45, 2.75) is 18.8 Å². The van der Waals surface area contributed by atoms with Gasteiger partial charge in [-0.25, -0.2) is 0 Å². The summed E-state index contributed by atoms with van der Waals surface area (Å²) in [6, 6.07) is 18.4. The molecule has 0 aromatic heterocycles. The largest absolute Gasteiger partial charge is 0.497 e. The number of methoxy groups -OCH3 is 1. The Kier molecular flexibility index (Phi) is 5.27. The highest BCUT2D eigenvalue weighted by atomic mass is 16.5. The summed E-state index contributed by atoms with van der Waals surface area (Å²) in [7, 11) is 1.66. The topological polar surface area (TPSA) is 56.8 Å². The monoisotopic (exact) mass is 366 g/mol. The Morgan fingerprint density at radius 2 is 1.67 bits per heavy atom. The van der Waals surface area contributed by atoms with Gasteiger partial charge in [0.25, 0.3) is 0 Å². The van der Waals surface area contributed by atoms with Gasteiger partial charge in [0.1, 0.15) is 12.0 Å². The first-order chi connectivity index (χ1) is 13.2. The van der Waals surface area contributed by atoms with Gasteiger partial charge in [-0.15, -0.1) is 0 Å². The first kappa shape index (κ1) is 17.8. The van der Waals surface area contributed by atoms with Crippen LogP contribution in [0.2, 0.25) is 0 Å². The molecular weight excluding hydrogens is 340 g/mol. The molecular formula is C21H26N4O2. The van der Waals surface area contributed by atoms with E-state index in [1.54, 1.807) is 7.11 Å². The zero-order valence-electron chi connectivity index (χ0n) is 15.6. The van der Waals surface area contributed by atoms with Crippen LogP contribution in [0.25, 0.3) is 0 Å². The van der Waals surface area contributed by atoms with Gasteiger partial charge in [0, 0.05) is 44.3 Å². The summed E-state index contributed by atoms with van der Waals surface area (Å²) in [4.78, 5) is 17.0. The molecule has 0 saturated carbocycles. The van der Waals surface area contributed by atoms with E-state index in [2.05, 4.69) is 44.7 Å². The van der Waals surface area contributed by atoms with Gasteiger partial charge in [-0.2, -0.15) is 0 Å². The van der Waals surface area contributed by atoms with Crippen molar-refractivity contribution in [2.24, 2.45) is 0 Å². The maximum absolute atomic E-state index is 12.3. The quantitative estimate of drug-likeness (QED) is 0.866. The molecule has 2 aromatic rings. The van der Waals surface area contributed by atoms with Crippen LogP contribution < -0.4 is 20.3 Å². The molecule has 0 bridgehead atoms. The second kappa shape index (κ2) is 7.98. The first-order valence-corrected chi connectivity index (χ1v) is 9.46. The molecule has 27 heavy (non-hydrogen) atoms. The third-order valence-electron chi connectivity index (χ3n) is 5.37. The fraction of sp³-hybridized carbons (Fsp3) is 0.381. The van der Waals surface area contributed by atoms with Gasteiger partial charge < -0.3 is 15.0 Å². The minimum atomic E-state index is -0.128. The van der Waals surface area contributed by atoms with Crippen LogP contribution in [0.1, 0.15) is 18.0 Å². The summed E-state index contributed by atoms with van der Waals surface area (Å²) in [6.45, 7) is 3.71. The van der Waals surface area contributed by atoms with E-state index < -0.39 is 0 Å². The van der Waals surface area contributed by atoms with Crippen LogP contribution in [0.3, 0.4) is 0 Å². The highest BCUT2D eigenvalue weighted by Crippen LogP contribution is 2.24. The molecule has 2 fully saturated rings. The van der Waals surface area contributed by atoms with Crippen LogP contribution in [0.5, 0.6) is 5.75 Å². The molecule has 2 N–H and O–H groups in total. The lowest BCUT2D eigenvalue weighted by Gasteiger charge is -2.43. The fourth-order valence-corrected chi connectivity index (χ4v) is 3.81. The van der Waals surface area contributed by atoms with Gasteiger partial charge in [0.2, 0.25) is 5.91 Å². The van der Waals surface area contributed by atoms with E-state index >= 15 is 0 Å². The van der Waals surface area contributed by atoms with Gasteiger partial charge in [-0.05, 0) is 29.8 Å². The van der Waals surface area contributed by atoms with Crippen molar-refractivity contribution in [3.8, 4) is 5.75 Å². The Hall–Kier alpha value is -2.57. The summed E-state index contributed by atoms with van der Waals surface area (Å²) < 4.78 is 5.23. The zero-order valence-corrected chi connectivity index (χ0v) is 15.6. The van der Waals surface area contributed by atoms with E-state index in [-0.39, 0.29) is 18.2 Å². The number of carbonyl (C=O) groups is 1. The Labute approximate surface area is 160 Å². The molecule has 0 radical (unpaired) electrons. The number of hydrogen-bond acceptors (Lipinski definition) is 5. The van der Waals surface area contributed by atoms with Crippen LogP contribution in [-0.2, 0) is 4.79 Å². The van der Waals surface area contributed by atoms with E-state index in [1.165, 1.54) is 5.69 Å². The third-order valence-corrected chi connectivity index (χ3v) is 5.37. The Morgan fingerprint density at radius 1 is 0.963 bits per heavy atom. The average molecular weight is 366 g/mol. The summed E-state index contributed by atoms with van der Waals surface area (Å²) in [5, 5.41) is 6.69. The van der Waals surface area contributed by atoms with Crippen LogP contribution >= 0.6 is 0 Å². The van der Waals surface area contributed by atoms with Gasteiger partial charge in [0.15, 0.2) is 0 Å². The van der Waals surface area contributed by atoms with E-state index in [4.69, 9.17) is 4.74 Å². The zero-order chi connectivity index (χ0) is 18.6. The van der Waals surface area contributed by atoms with Crippen molar-refractivity contribution in [2.75, 3.05) is 38.2 Å². The molecule has 2 saturated heterocycles. The maximum atomic E-state index is 12.3. The minimum Gasteiger partial charge on any atom is -0.497 e. The molecule has 2 aliphatic heterocycles. The van der Waals surface area contributed by atoms with Crippen molar-refractivity contribution in [3.05, 3.63) is 60.2 Å². The highest BCUT2D eigenvalue weighted by Gasteiger charge is 2.32. The number of ether oxygens (including phenoxy) is 1. The number of rotatable bonds is 4. The molecule has 6 nitrogen and oxygen atoms in total. The number of benzene rings is 2. The smallest absolute Gasteiger partial charge is 0.224 e. The summed E-state index contributed by atoms with van der Waals surface area (Å²) >= 11 is 0. The molecule has 2 heterocycles. The second-order valence-corrected chi connectivity index (χ2v) is 7.03. The van der Waals surface area contributed by atoms with Crippen LogP contribution in [0.15, 0.2) is 54.6 Å². The molecule has 2 atom stereocenters. The molecule has 142 valence electrons. The lowest BCUT2D eigenvalue weighted by atomic mass is 10.0. The number of amides is 1. The lowest BCUT2D eigenvalue weighted by molar-refractivity contribution is -0.127. The van der Waals surface area contributed by atoms with Crippen molar-refractivity contribution >= 4 is 11.6 Å². The first-order valence-electron chi connectivity index (χ1n) is 9.46. The molecule has 2 aromatic carbocycles. The maximum Gasteiger partial charge on any atom is 0.224 e. The van der Waals surface area contributed by atoms with Crippen LogP contribution in [-0.4, -0.2) is 50.4 Å². The standard InChI is InChI=1S/C21H26N4O2/c1-27-18-9-7-16(8-10-18)19-15-20(26)23-21(22-19)25-13-11-24(12-14-25)17-5-3-2-4-6-17/h2-10,19,21-22H,11-15H2,1H3,(H,23,26). The molecule has 4 rings (SSSR count). The molecule has 0 spiro atoms. The van der Waals surface area contributed by atoms with Crippen molar-refractivity contribution in [1.29, 1.82) is 0 Å². The van der Waals surface area contributed by atoms with Gasteiger partial charge >= 0.3 is 0 Å². The molecule has 6 heteroatoms. The van der Waals surface area contributed by atoms with Crippen molar-refractivity contribution in [1.82, 2.24) is 15.5 Å². The number of anilines is 1. The molecule has 2 aliphatic rings. The van der Waals surface area contributed by atoms with Crippen LogP contribution in [0, 0.1) is 0 Å². The van der Waals surface area contributed by atoms with Gasteiger partial charge in [0.05, 0.1) is 7.11 Å². The molecule has 0 aliphatic carbocycles. The number of carbonyl (C=O) groups excluding carboxylic acids is 1. The predicted octanol–water partition coefficient (Wildman–Crippen LogP) is 1.95. The SMILES string of the molecule is COc1ccc(C2CC(=O)NC(N3CCN(c4ccccc4)CC3)N2)cc1.